The van der Waals surface area contributed by atoms with Crippen LogP contribution in [-0.4, -0.2) is 58.4 Å². The van der Waals surface area contributed by atoms with E-state index in [0.717, 1.165) is 51.4 Å². The van der Waals surface area contributed by atoms with Crippen LogP contribution in [0, 0.1) is 23.7 Å². The molecule has 2 heterocycles. The minimum Gasteiger partial charge on any atom is -0.387 e. The molecule has 0 aromatic carbocycles. The van der Waals surface area contributed by atoms with Gasteiger partial charge < -0.3 is 29.2 Å². The van der Waals surface area contributed by atoms with Crippen LogP contribution >= 0.6 is 0 Å². The van der Waals surface area contributed by atoms with Gasteiger partial charge in [0.2, 0.25) is 0 Å². The zero-order chi connectivity index (χ0) is 25.7. The smallest absolute Gasteiger partial charge is 0.175 e. The molecule has 0 spiro atoms. The molecule has 216 valence electrons. The van der Waals surface area contributed by atoms with Crippen LogP contribution < -0.4 is 0 Å². The van der Waals surface area contributed by atoms with Crippen molar-refractivity contribution in [3.8, 4) is 0 Å². The summed E-state index contributed by atoms with van der Waals surface area (Å²) in [6, 6.07) is 0. The van der Waals surface area contributed by atoms with Gasteiger partial charge in [-0.3, -0.25) is 0 Å². The van der Waals surface area contributed by atoms with Crippen molar-refractivity contribution < 1.29 is 29.2 Å². The zero-order valence-electron chi connectivity index (χ0n) is 23.4. The van der Waals surface area contributed by atoms with Gasteiger partial charge in [0, 0.05) is 23.7 Å². The predicted molar refractivity (Wildman–Crippen MR) is 143 cm³/mol. The monoisotopic (exact) mass is 532 g/mol. The summed E-state index contributed by atoms with van der Waals surface area (Å²) < 4.78 is 28.1. The van der Waals surface area contributed by atoms with Crippen molar-refractivity contribution in [3.63, 3.8) is 0 Å². The van der Waals surface area contributed by atoms with Gasteiger partial charge in [-0.05, 0) is 51.4 Å². The van der Waals surface area contributed by atoms with Crippen LogP contribution in [0.3, 0.4) is 0 Å². The van der Waals surface area contributed by atoms with E-state index >= 15 is 0 Å². The third-order valence-corrected chi connectivity index (χ3v) is 12.0. The van der Waals surface area contributed by atoms with Crippen LogP contribution in [0.1, 0.15) is 128 Å². The van der Waals surface area contributed by atoms with Crippen molar-refractivity contribution in [3.05, 3.63) is 0 Å². The predicted octanol–water partition coefficient (Wildman–Crippen LogP) is 6.00. The molecule has 6 nitrogen and oxygen atoms in total. The van der Waals surface area contributed by atoms with E-state index in [0.29, 0.717) is 23.7 Å². The summed E-state index contributed by atoms with van der Waals surface area (Å²) in [7, 11) is 0. The maximum absolute atomic E-state index is 11.9. The number of aliphatic hydroxyl groups excluding tert-OH is 2. The van der Waals surface area contributed by atoms with E-state index < -0.39 is 48.2 Å². The second-order valence-electron chi connectivity index (χ2n) is 14.1. The molecule has 0 bridgehead atoms. The number of rotatable bonds is 4. The molecule has 0 radical (unpaired) electrons. The molecule has 7 fully saturated rings. The summed E-state index contributed by atoms with van der Waals surface area (Å²) in [6.45, 7) is 0. The van der Waals surface area contributed by atoms with E-state index in [1.807, 2.05) is 0 Å². The standard InChI is InChI=1S/C32H52O6/c33-25-27-28(36-31(35-27,21-13-5-1-6-14-21)22-15-7-2-8-16-22)26(34)30-29(25)37-32(38-30,23-17-9-3-10-18-23)24-19-11-4-12-20-24/h21-30,33-34H,1-20H2/t25-,26-,27-,28-,29+,30?/m0/s1. The summed E-state index contributed by atoms with van der Waals surface area (Å²) in [5.74, 6) is 0.00895. The second kappa shape index (κ2) is 10.9. The molecule has 7 rings (SSSR count). The van der Waals surface area contributed by atoms with Crippen LogP contribution in [-0.2, 0) is 18.9 Å². The van der Waals surface area contributed by atoms with Gasteiger partial charge in [-0.25, -0.2) is 0 Å². The molecule has 7 aliphatic rings. The zero-order valence-corrected chi connectivity index (χ0v) is 23.4. The second-order valence-corrected chi connectivity index (χ2v) is 14.1. The van der Waals surface area contributed by atoms with E-state index in [-0.39, 0.29) is 0 Å². The van der Waals surface area contributed by atoms with Crippen LogP contribution in [0.5, 0.6) is 0 Å². The molecule has 0 aromatic heterocycles. The van der Waals surface area contributed by atoms with E-state index in [4.69, 9.17) is 18.9 Å². The summed E-state index contributed by atoms with van der Waals surface area (Å²) >= 11 is 0. The van der Waals surface area contributed by atoms with Gasteiger partial charge in [-0.1, -0.05) is 77.0 Å². The Morgan fingerprint density at radius 2 is 0.553 bits per heavy atom. The molecule has 6 heteroatoms. The Morgan fingerprint density at radius 3 is 0.763 bits per heavy atom. The van der Waals surface area contributed by atoms with Crippen molar-refractivity contribution in [1.29, 1.82) is 0 Å². The first-order chi connectivity index (χ1) is 18.6. The molecule has 0 aromatic rings. The highest BCUT2D eigenvalue weighted by Gasteiger charge is 2.69. The topological polar surface area (TPSA) is 77.4 Å². The molecule has 38 heavy (non-hydrogen) atoms. The minimum atomic E-state index is -0.837. The van der Waals surface area contributed by atoms with Gasteiger partial charge in [-0.15, -0.1) is 0 Å². The first kappa shape index (κ1) is 26.6. The van der Waals surface area contributed by atoms with Crippen molar-refractivity contribution in [2.45, 2.75) is 177 Å². The van der Waals surface area contributed by atoms with Crippen LogP contribution in [0.25, 0.3) is 0 Å². The lowest BCUT2D eigenvalue weighted by Crippen LogP contribution is -2.61. The fourth-order valence-corrected chi connectivity index (χ4v) is 10.1. The van der Waals surface area contributed by atoms with E-state index in [1.165, 1.54) is 77.0 Å². The van der Waals surface area contributed by atoms with Crippen molar-refractivity contribution >= 4 is 0 Å². The Kier molecular flexibility index (Phi) is 7.62. The normalized spacial score (nSPS) is 43.1. The molecule has 0 amide bonds. The maximum atomic E-state index is 11.9. The SMILES string of the molecule is O[C@H]1[C@@H]2OC(C3CCCCC3)(C3CCCCC3)O[C@H]2[C@H](O)C2OC(C3CCCCC3)(C3CCCCC3)O[C@@H]21. The van der Waals surface area contributed by atoms with Gasteiger partial charge in [0.05, 0.1) is 0 Å². The Labute approximate surface area is 229 Å². The van der Waals surface area contributed by atoms with Crippen molar-refractivity contribution in [2.75, 3.05) is 0 Å². The molecular weight excluding hydrogens is 480 g/mol. The van der Waals surface area contributed by atoms with Gasteiger partial charge >= 0.3 is 0 Å². The third kappa shape index (κ3) is 4.34. The Bertz CT molecular complexity index is 664. The van der Waals surface area contributed by atoms with Gasteiger partial charge in [0.25, 0.3) is 0 Å². The Balaban J connectivity index is 1.18. The molecule has 1 unspecified atom stereocenters. The van der Waals surface area contributed by atoms with E-state index in [9.17, 15) is 10.2 Å². The Hall–Kier alpha value is -0.240. The number of hydrogen-bond acceptors (Lipinski definition) is 6. The molecule has 2 saturated heterocycles. The molecule has 5 aliphatic carbocycles. The minimum absolute atomic E-state index is 0.342. The lowest BCUT2D eigenvalue weighted by atomic mass is 9.72. The third-order valence-electron chi connectivity index (χ3n) is 12.0. The van der Waals surface area contributed by atoms with Crippen LogP contribution in [0.4, 0.5) is 0 Å². The fourth-order valence-electron chi connectivity index (χ4n) is 10.1. The fraction of sp³-hybridized carbons (Fsp3) is 1.00. The quantitative estimate of drug-likeness (QED) is 0.462. The van der Waals surface area contributed by atoms with Gasteiger partial charge in [0.1, 0.15) is 36.6 Å². The highest BCUT2D eigenvalue weighted by atomic mass is 16.8. The largest absolute Gasteiger partial charge is 0.387 e. The number of hydrogen-bond donors (Lipinski definition) is 2. The highest BCUT2D eigenvalue weighted by Crippen LogP contribution is 2.57. The maximum Gasteiger partial charge on any atom is 0.175 e. The van der Waals surface area contributed by atoms with Crippen molar-refractivity contribution in [1.82, 2.24) is 0 Å². The Morgan fingerprint density at radius 1 is 0.342 bits per heavy atom. The lowest BCUT2D eigenvalue weighted by Gasteiger charge is -2.46. The lowest BCUT2D eigenvalue weighted by molar-refractivity contribution is -0.279. The molecule has 2 aliphatic heterocycles. The molecule has 6 atom stereocenters. The first-order valence-electron chi connectivity index (χ1n) is 16.7. The summed E-state index contributed by atoms with van der Waals surface area (Å²) in [5.41, 5.74) is 0. The van der Waals surface area contributed by atoms with E-state index in [2.05, 4.69) is 0 Å². The molecular formula is C32H52O6. The number of ether oxygens (including phenoxy) is 4. The average Bonchev–Trinajstić information content (AvgIpc) is 3.61. The van der Waals surface area contributed by atoms with E-state index in [1.54, 1.807) is 0 Å². The van der Waals surface area contributed by atoms with Crippen LogP contribution in [0.15, 0.2) is 0 Å². The summed E-state index contributed by atoms with van der Waals surface area (Å²) in [4.78, 5) is 0. The molecule has 5 saturated carbocycles. The summed E-state index contributed by atoms with van der Waals surface area (Å²) in [5, 5.41) is 23.8. The van der Waals surface area contributed by atoms with Crippen LogP contribution in [0.2, 0.25) is 0 Å². The number of aliphatic hydroxyl groups is 2. The van der Waals surface area contributed by atoms with Gasteiger partial charge in [-0.2, -0.15) is 0 Å². The van der Waals surface area contributed by atoms with Gasteiger partial charge in [0.15, 0.2) is 11.6 Å². The highest BCUT2D eigenvalue weighted by molar-refractivity contribution is 5.12. The molecule has 2 N–H and O–H groups in total. The first-order valence-corrected chi connectivity index (χ1v) is 16.7. The average molecular weight is 533 g/mol. The van der Waals surface area contributed by atoms with Crippen molar-refractivity contribution in [2.24, 2.45) is 23.7 Å². The summed E-state index contributed by atoms with van der Waals surface area (Å²) in [6.07, 6.45) is 20.0. The number of fused-ring (bicyclic) bond motifs is 2.